The van der Waals surface area contributed by atoms with Crippen molar-refractivity contribution in [2.45, 2.75) is 17.2 Å². The molecule has 0 unspecified atom stereocenters. The maximum absolute atomic E-state index is 12.4. The third-order valence-electron chi connectivity index (χ3n) is 4.29. The van der Waals surface area contributed by atoms with Gasteiger partial charge in [-0.25, -0.2) is 4.79 Å². The van der Waals surface area contributed by atoms with Crippen molar-refractivity contribution in [2.24, 2.45) is 0 Å². The summed E-state index contributed by atoms with van der Waals surface area (Å²) in [6.07, 6.45) is 2.10. The number of thioether (sulfide) groups is 1. The Morgan fingerprint density at radius 1 is 1.21 bits per heavy atom. The van der Waals surface area contributed by atoms with E-state index in [0.717, 1.165) is 37.3 Å². The molecule has 0 bridgehead atoms. The topological polar surface area (TPSA) is 105 Å². The Morgan fingerprint density at radius 3 is 2.82 bits per heavy atom. The molecule has 144 valence electrons. The van der Waals surface area contributed by atoms with Gasteiger partial charge in [-0.05, 0) is 25.0 Å². The number of benzene rings is 1. The third kappa shape index (κ3) is 4.07. The fourth-order valence-electron chi connectivity index (χ4n) is 2.88. The Labute approximate surface area is 167 Å². The van der Waals surface area contributed by atoms with Crippen LogP contribution in [0.4, 0.5) is 5.13 Å². The summed E-state index contributed by atoms with van der Waals surface area (Å²) in [6.45, 7) is 1.62. The summed E-state index contributed by atoms with van der Waals surface area (Å²) in [5, 5.41) is 11.4. The molecule has 10 heteroatoms. The molecule has 1 N–H and O–H groups in total. The van der Waals surface area contributed by atoms with Crippen molar-refractivity contribution in [3.8, 4) is 0 Å². The van der Waals surface area contributed by atoms with Gasteiger partial charge in [0, 0.05) is 18.5 Å². The lowest BCUT2D eigenvalue weighted by atomic mass is 10.2. The predicted octanol–water partition coefficient (Wildman–Crippen LogP) is 2.61. The van der Waals surface area contributed by atoms with E-state index >= 15 is 0 Å². The molecule has 3 aromatic rings. The molecule has 0 atom stereocenters. The average Bonchev–Trinajstić information content (AvgIpc) is 3.37. The number of nitrogens with zero attached hydrogens (tertiary/aromatic N) is 3. The molecule has 1 aliphatic heterocycles. The van der Waals surface area contributed by atoms with Crippen LogP contribution in [-0.2, 0) is 4.79 Å². The number of carbonyl (C=O) groups is 2. The molecule has 2 amide bonds. The van der Waals surface area contributed by atoms with Crippen LogP contribution in [0.2, 0.25) is 0 Å². The molecule has 8 nitrogen and oxygen atoms in total. The van der Waals surface area contributed by atoms with E-state index in [9.17, 15) is 14.4 Å². The molecule has 3 heterocycles. The van der Waals surface area contributed by atoms with Gasteiger partial charge in [0.1, 0.15) is 11.1 Å². The van der Waals surface area contributed by atoms with Gasteiger partial charge in [0.15, 0.2) is 4.34 Å². The van der Waals surface area contributed by atoms with E-state index in [1.54, 1.807) is 24.3 Å². The fraction of sp³-hybridized carbons (Fsp3) is 0.278. The second kappa shape index (κ2) is 8.11. The van der Waals surface area contributed by atoms with Crippen molar-refractivity contribution >= 4 is 51.0 Å². The zero-order valence-electron chi connectivity index (χ0n) is 14.7. The van der Waals surface area contributed by atoms with E-state index in [2.05, 4.69) is 15.5 Å². The first-order chi connectivity index (χ1) is 13.6. The van der Waals surface area contributed by atoms with Gasteiger partial charge in [-0.2, -0.15) is 0 Å². The zero-order chi connectivity index (χ0) is 19.5. The van der Waals surface area contributed by atoms with Crippen LogP contribution in [0.1, 0.15) is 23.2 Å². The average molecular weight is 416 g/mol. The van der Waals surface area contributed by atoms with E-state index in [1.807, 2.05) is 4.90 Å². The van der Waals surface area contributed by atoms with Crippen molar-refractivity contribution in [2.75, 3.05) is 24.2 Å². The van der Waals surface area contributed by atoms with Crippen LogP contribution >= 0.6 is 23.1 Å². The van der Waals surface area contributed by atoms with Crippen LogP contribution < -0.4 is 10.9 Å². The van der Waals surface area contributed by atoms with E-state index in [-0.39, 0.29) is 22.4 Å². The third-order valence-corrected chi connectivity index (χ3v) is 6.25. The van der Waals surface area contributed by atoms with Crippen LogP contribution in [0.25, 0.3) is 11.0 Å². The quantitative estimate of drug-likeness (QED) is 0.387. The largest absolute Gasteiger partial charge is 0.422 e. The molecular weight excluding hydrogens is 400 g/mol. The second-order valence-corrected chi connectivity index (χ2v) is 8.39. The van der Waals surface area contributed by atoms with Gasteiger partial charge in [-0.15, -0.1) is 10.2 Å². The normalized spacial score (nSPS) is 13.8. The Morgan fingerprint density at radius 2 is 2.00 bits per heavy atom. The lowest BCUT2D eigenvalue weighted by Gasteiger charge is -2.13. The smallest absolute Gasteiger partial charge is 0.349 e. The molecule has 0 spiro atoms. The molecule has 1 fully saturated rings. The number of aromatic nitrogens is 2. The highest BCUT2D eigenvalue weighted by Gasteiger charge is 2.19. The second-order valence-electron chi connectivity index (χ2n) is 6.19. The summed E-state index contributed by atoms with van der Waals surface area (Å²) >= 11 is 2.44. The summed E-state index contributed by atoms with van der Waals surface area (Å²) in [5.74, 6) is -0.242. The van der Waals surface area contributed by atoms with Gasteiger partial charge in [0.05, 0.1) is 5.75 Å². The minimum absolute atomic E-state index is 0.0806. The van der Waals surface area contributed by atoms with Crippen LogP contribution in [0, 0.1) is 0 Å². The van der Waals surface area contributed by atoms with E-state index in [0.29, 0.717) is 15.3 Å². The van der Waals surface area contributed by atoms with Crippen molar-refractivity contribution < 1.29 is 14.0 Å². The standard InChI is InChI=1S/C18H16N4O4S2/c23-14(22-7-3-4-8-22)10-27-18-21-20-17(28-18)19-15(24)12-9-11-5-1-2-6-13(11)26-16(12)25/h1-2,5-6,9H,3-4,7-8,10H2,(H,19,20,24). The number of amides is 2. The summed E-state index contributed by atoms with van der Waals surface area (Å²) in [6, 6.07) is 8.45. The highest BCUT2D eigenvalue weighted by Crippen LogP contribution is 2.26. The molecule has 28 heavy (non-hydrogen) atoms. The Balaban J connectivity index is 1.41. The van der Waals surface area contributed by atoms with Gasteiger partial charge in [-0.3, -0.25) is 14.9 Å². The highest BCUT2D eigenvalue weighted by molar-refractivity contribution is 8.01. The summed E-state index contributed by atoms with van der Waals surface area (Å²) in [4.78, 5) is 38.4. The van der Waals surface area contributed by atoms with Crippen LogP contribution in [-0.4, -0.2) is 45.8 Å². The Bertz CT molecular complexity index is 1090. The fourth-order valence-corrected chi connectivity index (χ4v) is 4.53. The lowest BCUT2D eigenvalue weighted by molar-refractivity contribution is -0.127. The van der Waals surface area contributed by atoms with Crippen LogP contribution in [0.5, 0.6) is 0 Å². The van der Waals surface area contributed by atoms with E-state index in [4.69, 9.17) is 4.42 Å². The predicted molar refractivity (Wildman–Crippen MR) is 107 cm³/mol. The maximum Gasteiger partial charge on any atom is 0.349 e. The zero-order valence-corrected chi connectivity index (χ0v) is 16.3. The summed E-state index contributed by atoms with van der Waals surface area (Å²) in [5.41, 5.74) is -0.403. The van der Waals surface area contributed by atoms with Gasteiger partial charge in [0.25, 0.3) is 5.91 Å². The number of para-hydroxylation sites is 1. The van der Waals surface area contributed by atoms with Crippen molar-refractivity contribution in [3.63, 3.8) is 0 Å². The van der Waals surface area contributed by atoms with Crippen LogP contribution in [0.3, 0.4) is 0 Å². The number of anilines is 1. The maximum atomic E-state index is 12.4. The summed E-state index contributed by atoms with van der Waals surface area (Å²) < 4.78 is 5.75. The minimum Gasteiger partial charge on any atom is -0.422 e. The number of rotatable bonds is 5. The first-order valence-corrected chi connectivity index (χ1v) is 10.5. The molecular formula is C18H16N4O4S2. The van der Waals surface area contributed by atoms with E-state index < -0.39 is 11.5 Å². The Kier molecular flexibility index (Phi) is 5.40. The first kappa shape index (κ1) is 18.6. The molecule has 2 aromatic heterocycles. The van der Waals surface area contributed by atoms with Gasteiger partial charge >= 0.3 is 5.63 Å². The molecule has 1 aromatic carbocycles. The molecule has 1 aliphatic rings. The minimum atomic E-state index is -0.716. The number of hydrogen-bond acceptors (Lipinski definition) is 8. The summed E-state index contributed by atoms with van der Waals surface area (Å²) in [7, 11) is 0. The SMILES string of the molecule is O=C(Nc1nnc(SCC(=O)N2CCCC2)s1)c1cc2ccccc2oc1=O. The van der Waals surface area contributed by atoms with Gasteiger partial charge in [-0.1, -0.05) is 41.3 Å². The monoisotopic (exact) mass is 416 g/mol. The highest BCUT2D eigenvalue weighted by atomic mass is 32.2. The van der Waals surface area contributed by atoms with Gasteiger partial charge < -0.3 is 9.32 Å². The molecule has 0 aliphatic carbocycles. The number of nitrogens with one attached hydrogen (secondary N) is 1. The van der Waals surface area contributed by atoms with Crippen molar-refractivity contribution in [3.05, 3.63) is 46.3 Å². The van der Waals surface area contributed by atoms with Crippen molar-refractivity contribution in [1.29, 1.82) is 0 Å². The molecule has 0 saturated carbocycles. The first-order valence-electron chi connectivity index (χ1n) is 8.68. The molecule has 0 radical (unpaired) electrons. The number of fused-ring (bicyclic) bond motifs is 1. The molecule has 4 rings (SSSR count). The number of hydrogen-bond donors (Lipinski definition) is 1. The van der Waals surface area contributed by atoms with E-state index in [1.165, 1.54) is 17.8 Å². The number of likely N-dealkylation sites (tertiary alicyclic amines) is 1. The van der Waals surface area contributed by atoms with Crippen LogP contribution in [0.15, 0.2) is 43.9 Å². The lowest BCUT2D eigenvalue weighted by Crippen LogP contribution is -2.29. The number of carbonyl (C=O) groups excluding carboxylic acids is 2. The van der Waals surface area contributed by atoms with Gasteiger partial charge in [0.2, 0.25) is 11.0 Å². The van der Waals surface area contributed by atoms with Crippen molar-refractivity contribution in [1.82, 2.24) is 15.1 Å². The Hall–Kier alpha value is -2.72. The molecule has 1 saturated heterocycles.